The molecule has 0 unspecified atom stereocenters. The molecule has 5 aliphatic carbocycles. The Kier molecular flexibility index (Phi) is 2.06. The van der Waals surface area contributed by atoms with Crippen molar-refractivity contribution < 1.29 is 0 Å². The Balaban J connectivity index is 1.69. The van der Waals surface area contributed by atoms with E-state index in [0.717, 1.165) is 23.7 Å². The van der Waals surface area contributed by atoms with Crippen LogP contribution < -0.4 is 0 Å². The van der Waals surface area contributed by atoms with Crippen LogP contribution in [0.5, 0.6) is 0 Å². The molecule has 0 atom stereocenters. The maximum Gasteiger partial charge on any atom is 0.0593 e. The number of benzene rings is 1. The van der Waals surface area contributed by atoms with Gasteiger partial charge >= 0.3 is 0 Å². The first-order valence-electron chi connectivity index (χ1n) is 8.92. The average Bonchev–Trinajstić information content (AvgIpc) is 2.84. The van der Waals surface area contributed by atoms with Gasteiger partial charge in [-0.05, 0) is 73.0 Å². The van der Waals surface area contributed by atoms with E-state index in [9.17, 15) is 0 Å². The molecule has 0 radical (unpaired) electrons. The highest BCUT2D eigenvalue weighted by Gasteiger charge is 2.62. The summed E-state index contributed by atoms with van der Waals surface area (Å²) < 4.78 is 0. The predicted molar refractivity (Wildman–Crippen MR) is 87.5 cm³/mol. The first-order valence-corrected chi connectivity index (χ1v) is 8.92. The monoisotopic (exact) mass is 287 g/mol. The molecule has 7 rings (SSSR count). The van der Waals surface area contributed by atoms with Crippen LogP contribution in [-0.2, 0) is 5.41 Å². The van der Waals surface area contributed by atoms with E-state index in [-0.39, 0.29) is 5.41 Å². The molecule has 0 amide bonds. The molecule has 5 aliphatic rings. The van der Waals surface area contributed by atoms with Crippen LogP contribution in [0.15, 0.2) is 42.6 Å². The molecule has 1 aromatic heterocycles. The molecule has 4 bridgehead atoms. The van der Waals surface area contributed by atoms with Crippen LogP contribution >= 0.6 is 0 Å². The third kappa shape index (κ3) is 1.19. The highest BCUT2D eigenvalue weighted by molar-refractivity contribution is 5.80. The minimum Gasteiger partial charge on any atom is -0.260 e. The third-order valence-corrected chi connectivity index (χ3v) is 7.29. The van der Waals surface area contributed by atoms with Crippen LogP contribution in [0.25, 0.3) is 11.1 Å². The van der Waals surface area contributed by atoms with Crippen molar-refractivity contribution in [2.75, 3.05) is 0 Å². The SMILES string of the molecule is c1ccc2c(c1)-c1cccnc1C21C2CC3CC(C2)CC1C3. The van der Waals surface area contributed by atoms with Crippen LogP contribution in [-0.4, -0.2) is 4.98 Å². The lowest BCUT2D eigenvalue weighted by atomic mass is 9.43. The number of hydrogen-bond donors (Lipinski definition) is 0. The summed E-state index contributed by atoms with van der Waals surface area (Å²) in [5, 5.41) is 0. The Labute approximate surface area is 131 Å². The van der Waals surface area contributed by atoms with Gasteiger partial charge < -0.3 is 0 Å². The molecular weight excluding hydrogens is 266 g/mol. The van der Waals surface area contributed by atoms with Crippen molar-refractivity contribution >= 4 is 0 Å². The predicted octanol–water partition coefficient (Wildman–Crippen LogP) is 4.80. The Morgan fingerprint density at radius 3 is 2.23 bits per heavy atom. The van der Waals surface area contributed by atoms with Crippen molar-refractivity contribution in [1.82, 2.24) is 4.98 Å². The molecule has 0 aliphatic heterocycles. The van der Waals surface area contributed by atoms with E-state index in [4.69, 9.17) is 4.98 Å². The quantitative estimate of drug-likeness (QED) is 0.678. The second kappa shape index (κ2) is 3.82. The van der Waals surface area contributed by atoms with Crippen LogP contribution in [0.1, 0.15) is 43.4 Å². The van der Waals surface area contributed by atoms with E-state index in [0.29, 0.717) is 0 Å². The van der Waals surface area contributed by atoms with E-state index in [1.807, 2.05) is 6.20 Å². The lowest BCUT2D eigenvalue weighted by molar-refractivity contribution is -0.0415. The second-order valence-electron chi connectivity index (χ2n) is 8.12. The zero-order chi connectivity index (χ0) is 14.3. The summed E-state index contributed by atoms with van der Waals surface area (Å²) >= 11 is 0. The van der Waals surface area contributed by atoms with E-state index in [1.165, 1.54) is 48.9 Å². The fourth-order valence-electron chi connectivity index (χ4n) is 6.91. The first-order chi connectivity index (χ1) is 10.9. The van der Waals surface area contributed by atoms with Gasteiger partial charge in [0.1, 0.15) is 0 Å². The normalized spacial score (nSPS) is 40.0. The van der Waals surface area contributed by atoms with E-state index in [2.05, 4.69) is 36.4 Å². The van der Waals surface area contributed by atoms with Crippen molar-refractivity contribution in [3.05, 3.63) is 53.9 Å². The second-order valence-corrected chi connectivity index (χ2v) is 8.12. The lowest BCUT2D eigenvalue weighted by Crippen LogP contribution is -2.55. The first kappa shape index (κ1) is 11.9. The summed E-state index contributed by atoms with van der Waals surface area (Å²) in [7, 11) is 0. The molecule has 1 aromatic carbocycles. The number of rotatable bonds is 0. The topological polar surface area (TPSA) is 12.9 Å². The number of aromatic nitrogens is 1. The minimum atomic E-state index is 0.251. The van der Waals surface area contributed by atoms with Gasteiger partial charge in [-0.2, -0.15) is 0 Å². The summed E-state index contributed by atoms with van der Waals surface area (Å²) in [5.41, 5.74) is 6.17. The highest BCUT2D eigenvalue weighted by atomic mass is 14.8. The molecule has 2 aromatic rings. The van der Waals surface area contributed by atoms with Crippen LogP contribution in [0.2, 0.25) is 0 Å². The van der Waals surface area contributed by atoms with Gasteiger partial charge in [0.15, 0.2) is 0 Å². The van der Waals surface area contributed by atoms with Crippen LogP contribution in [0.4, 0.5) is 0 Å². The minimum absolute atomic E-state index is 0.251. The van der Waals surface area contributed by atoms with Crippen molar-refractivity contribution in [1.29, 1.82) is 0 Å². The Morgan fingerprint density at radius 1 is 0.773 bits per heavy atom. The summed E-state index contributed by atoms with van der Waals surface area (Å²) in [5.74, 6) is 3.68. The fraction of sp³-hybridized carbons (Fsp3) is 0.476. The summed E-state index contributed by atoms with van der Waals surface area (Å²) in [6, 6.07) is 13.6. The summed E-state index contributed by atoms with van der Waals surface area (Å²) in [6.07, 6.45) is 9.31. The van der Waals surface area contributed by atoms with Gasteiger partial charge in [-0.25, -0.2) is 0 Å². The average molecular weight is 287 g/mol. The zero-order valence-corrected chi connectivity index (χ0v) is 12.8. The van der Waals surface area contributed by atoms with Crippen molar-refractivity contribution in [3.63, 3.8) is 0 Å². The molecule has 4 saturated carbocycles. The molecule has 1 nitrogen and oxygen atoms in total. The maximum atomic E-state index is 4.97. The molecule has 22 heavy (non-hydrogen) atoms. The molecular formula is C21H21N. The van der Waals surface area contributed by atoms with E-state index < -0.39 is 0 Å². The van der Waals surface area contributed by atoms with Gasteiger partial charge in [0.25, 0.3) is 0 Å². The summed E-state index contributed by atoms with van der Waals surface area (Å²) in [4.78, 5) is 4.97. The molecule has 0 N–H and O–H groups in total. The fourth-order valence-corrected chi connectivity index (χ4v) is 6.91. The molecule has 1 heterocycles. The lowest BCUT2D eigenvalue weighted by Gasteiger charge is -2.60. The van der Waals surface area contributed by atoms with Gasteiger partial charge in [-0.3, -0.25) is 4.98 Å². The van der Waals surface area contributed by atoms with Gasteiger partial charge in [0, 0.05) is 17.2 Å². The van der Waals surface area contributed by atoms with Gasteiger partial charge in [0.2, 0.25) is 0 Å². The van der Waals surface area contributed by atoms with Gasteiger partial charge in [0.05, 0.1) is 5.69 Å². The molecule has 110 valence electrons. The van der Waals surface area contributed by atoms with Crippen LogP contribution in [0.3, 0.4) is 0 Å². The number of fused-ring (bicyclic) bond motifs is 3. The largest absolute Gasteiger partial charge is 0.260 e. The molecule has 1 spiro atoms. The van der Waals surface area contributed by atoms with Crippen LogP contribution in [0, 0.1) is 23.7 Å². The molecule has 0 saturated heterocycles. The van der Waals surface area contributed by atoms with Gasteiger partial charge in [-0.1, -0.05) is 30.3 Å². The van der Waals surface area contributed by atoms with Crippen molar-refractivity contribution in [2.24, 2.45) is 23.7 Å². The zero-order valence-electron chi connectivity index (χ0n) is 12.8. The van der Waals surface area contributed by atoms with Crippen molar-refractivity contribution in [2.45, 2.75) is 37.5 Å². The van der Waals surface area contributed by atoms with E-state index >= 15 is 0 Å². The van der Waals surface area contributed by atoms with Gasteiger partial charge in [-0.15, -0.1) is 0 Å². The summed E-state index contributed by atoms with van der Waals surface area (Å²) in [6.45, 7) is 0. The standard InChI is InChI=1S/C21H21N/c1-2-6-19-17(4-1)18-5-3-7-22-20(18)21(19)15-9-13-8-14(11-15)12-16(21)10-13/h1-7,13-16H,8-12H2. The third-order valence-electron chi connectivity index (χ3n) is 7.29. The Bertz CT molecular complexity index is 699. The molecule has 1 heteroatoms. The maximum absolute atomic E-state index is 4.97. The van der Waals surface area contributed by atoms with E-state index in [1.54, 1.807) is 5.56 Å². The molecule has 4 fully saturated rings. The number of hydrogen-bond acceptors (Lipinski definition) is 1. The number of pyridine rings is 1. The smallest absolute Gasteiger partial charge is 0.0593 e. The Morgan fingerprint density at radius 2 is 1.45 bits per heavy atom. The Hall–Kier alpha value is -1.63. The van der Waals surface area contributed by atoms with Crippen molar-refractivity contribution in [3.8, 4) is 11.1 Å². The number of nitrogens with zero attached hydrogens (tertiary/aromatic N) is 1. The highest BCUT2D eigenvalue weighted by Crippen LogP contribution is 2.68.